The van der Waals surface area contributed by atoms with E-state index in [0.717, 1.165) is 6.08 Å². The molecular weight excluding hydrogens is 388 g/mol. The number of esters is 1. The van der Waals surface area contributed by atoms with E-state index >= 15 is 0 Å². The van der Waals surface area contributed by atoms with Crippen molar-refractivity contribution in [2.45, 2.75) is 6.54 Å². The van der Waals surface area contributed by atoms with Gasteiger partial charge in [-0.15, -0.1) is 0 Å². The van der Waals surface area contributed by atoms with Crippen molar-refractivity contribution in [2.24, 2.45) is 0 Å². The molecule has 0 saturated heterocycles. The second-order valence-corrected chi connectivity index (χ2v) is 5.83. The van der Waals surface area contributed by atoms with Gasteiger partial charge in [0.05, 0.1) is 18.5 Å². The number of imide groups is 1. The van der Waals surface area contributed by atoms with E-state index in [1.54, 1.807) is 34.9 Å². The normalized spacial score (nSPS) is 10.9. The van der Waals surface area contributed by atoms with Crippen LogP contribution in [0.2, 0.25) is 5.15 Å². The Bertz CT molecular complexity index is 1030. The minimum atomic E-state index is -0.772. The molecule has 2 N–H and O–H groups in total. The smallest absolute Gasteiger partial charge is 0.331 e. The predicted molar refractivity (Wildman–Crippen MR) is 99.3 cm³/mol. The lowest BCUT2D eigenvalue weighted by atomic mass is 10.4. The number of nitrogens with zero attached hydrogens (tertiary/aromatic N) is 2. The Balaban J connectivity index is 1.45. The van der Waals surface area contributed by atoms with Gasteiger partial charge in [-0.3, -0.25) is 14.5 Å². The fraction of sp³-hybridized carbons (Fsp3) is 0.111. The van der Waals surface area contributed by atoms with Gasteiger partial charge in [0.2, 0.25) is 0 Å². The lowest BCUT2D eigenvalue weighted by Crippen LogP contribution is -2.41. The average Bonchev–Trinajstić information content (AvgIpc) is 3.30. The van der Waals surface area contributed by atoms with Crippen molar-refractivity contribution in [1.82, 2.24) is 20.0 Å². The van der Waals surface area contributed by atoms with Crippen LogP contribution in [0.5, 0.6) is 0 Å². The summed E-state index contributed by atoms with van der Waals surface area (Å²) in [6, 6.07) is 7.99. The van der Waals surface area contributed by atoms with Crippen LogP contribution in [0.15, 0.2) is 53.3 Å². The van der Waals surface area contributed by atoms with E-state index in [9.17, 15) is 14.4 Å². The summed E-state index contributed by atoms with van der Waals surface area (Å²) in [6.45, 7) is -0.493. The molecule has 3 aromatic heterocycles. The summed E-state index contributed by atoms with van der Waals surface area (Å²) < 4.78 is 11.5. The van der Waals surface area contributed by atoms with Gasteiger partial charge in [0, 0.05) is 12.3 Å². The van der Waals surface area contributed by atoms with Crippen LogP contribution in [-0.2, 0) is 20.9 Å². The highest BCUT2D eigenvalue weighted by Crippen LogP contribution is 2.18. The van der Waals surface area contributed by atoms with Crippen molar-refractivity contribution in [3.05, 3.63) is 65.5 Å². The molecule has 0 bridgehead atoms. The second kappa shape index (κ2) is 8.87. The molecule has 0 unspecified atom stereocenters. The van der Waals surface area contributed by atoms with Crippen molar-refractivity contribution in [3.63, 3.8) is 0 Å². The number of nitrogens with one attached hydrogen (secondary N) is 2. The number of ether oxygens (including phenoxy) is 1. The molecule has 0 aliphatic heterocycles. The highest BCUT2D eigenvalue weighted by atomic mass is 35.5. The Hall–Kier alpha value is -3.59. The molecule has 0 aliphatic carbocycles. The van der Waals surface area contributed by atoms with Crippen LogP contribution in [0, 0.1) is 0 Å². The van der Waals surface area contributed by atoms with Crippen molar-refractivity contribution in [1.29, 1.82) is 0 Å². The topological polar surface area (TPSA) is 115 Å². The van der Waals surface area contributed by atoms with E-state index in [0.29, 0.717) is 17.1 Å². The van der Waals surface area contributed by atoms with Crippen LogP contribution in [0.1, 0.15) is 11.5 Å². The first kappa shape index (κ1) is 19.2. The minimum absolute atomic E-state index is 0.120. The molecule has 0 aromatic carbocycles. The molecule has 144 valence electrons. The van der Waals surface area contributed by atoms with Crippen LogP contribution in [0.3, 0.4) is 0 Å². The Morgan fingerprint density at radius 3 is 2.89 bits per heavy atom. The van der Waals surface area contributed by atoms with Crippen LogP contribution in [-0.4, -0.2) is 33.9 Å². The number of carbonyl (C=O) groups is 3. The lowest BCUT2D eigenvalue weighted by Gasteiger charge is -2.05. The summed E-state index contributed by atoms with van der Waals surface area (Å²) in [5.41, 5.74) is 1.12. The zero-order valence-corrected chi connectivity index (χ0v) is 15.2. The minimum Gasteiger partial charge on any atom is -0.467 e. The standard InChI is InChI=1S/C18H15ClN4O5/c19-17-13(23-8-2-1-5-14(23)21-17)6-7-16(25)28-11-15(24)22-18(26)20-10-12-4-3-9-27-12/h1-9H,10-11H2,(H2,20,22,24,26)/b7-6+. The SMILES string of the molecule is O=C(COC(=O)/C=C/c1c(Cl)nc2ccccn12)NC(=O)NCc1ccco1. The number of halogens is 1. The molecule has 9 nitrogen and oxygen atoms in total. The van der Waals surface area contributed by atoms with Gasteiger partial charge in [0.15, 0.2) is 11.8 Å². The first-order valence-electron chi connectivity index (χ1n) is 8.10. The number of urea groups is 1. The first-order chi connectivity index (χ1) is 13.5. The third-order valence-corrected chi connectivity index (χ3v) is 3.78. The van der Waals surface area contributed by atoms with E-state index in [1.807, 2.05) is 11.4 Å². The number of fused-ring (bicyclic) bond motifs is 1. The van der Waals surface area contributed by atoms with E-state index in [4.69, 9.17) is 20.8 Å². The van der Waals surface area contributed by atoms with Gasteiger partial charge in [-0.1, -0.05) is 17.7 Å². The Morgan fingerprint density at radius 1 is 1.25 bits per heavy atom. The third-order valence-electron chi connectivity index (χ3n) is 3.50. The van der Waals surface area contributed by atoms with Crippen LogP contribution < -0.4 is 10.6 Å². The summed E-state index contributed by atoms with van der Waals surface area (Å²) in [6.07, 6.45) is 5.76. The van der Waals surface area contributed by atoms with Gasteiger partial charge >= 0.3 is 12.0 Å². The Kier molecular flexibility index (Phi) is 6.07. The van der Waals surface area contributed by atoms with Crippen molar-refractivity contribution >= 4 is 41.2 Å². The quantitative estimate of drug-likeness (QED) is 0.482. The summed E-state index contributed by atoms with van der Waals surface area (Å²) in [5.74, 6) is -1.01. The first-order valence-corrected chi connectivity index (χ1v) is 8.48. The lowest BCUT2D eigenvalue weighted by molar-refractivity contribution is -0.143. The second-order valence-electron chi connectivity index (χ2n) is 5.47. The maximum absolute atomic E-state index is 11.8. The van der Waals surface area contributed by atoms with Gasteiger partial charge in [-0.25, -0.2) is 14.6 Å². The number of carbonyl (C=O) groups excluding carboxylic acids is 3. The predicted octanol–water partition coefficient (Wildman–Crippen LogP) is 2.16. The number of furan rings is 1. The summed E-state index contributed by atoms with van der Waals surface area (Å²) in [5, 5.41) is 4.68. The molecule has 0 radical (unpaired) electrons. The number of amides is 3. The van der Waals surface area contributed by atoms with Gasteiger partial charge < -0.3 is 14.5 Å². The van der Waals surface area contributed by atoms with Gasteiger partial charge in [-0.2, -0.15) is 0 Å². The molecule has 3 aromatic rings. The number of imidazole rings is 1. The summed E-state index contributed by atoms with van der Waals surface area (Å²) >= 11 is 6.05. The number of aromatic nitrogens is 2. The summed E-state index contributed by atoms with van der Waals surface area (Å²) in [7, 11) is 0. The molecule has 0 saturated carbocycles. The maximum Gasteiger partial charge on any atom is 0.331 e. The Morgan fingerprint density at radius 2 is 2.11 bits per heavy atom. The van der Waals surface area contributed by atoms with E-state index < -0.39 is 24.5 Å². The van der Waals surface area contributed by atoms with Crippen molar-refractivity contribution < 1.29 is 23.5 Å². The molecule has 3 amide bonds. The van der Waals surface area contributed by atoms with Crippen LogP contribution in [0.25, 0.3) is 11.7 Å². The fourth-order valence-electron chi connectivity index (χ4n) is 2.25. The van der Waals surface area contributed by atoms with Crippen LogP contribution in [0.4, 0.5) is 4.79 Å². The fourth-order valence-corrected chi connectivity index (χ4v) is 2.50. The average molecular weight is 403 g/mol. The molecule has 0 fully saturated rings. The Labute approximate surface area is 163 Å². The van der Waals surface area contributed by atoms with Crippen LogP contribution >= 0.6 is 11.6 Å². The molecule has 0 atom stereocenters. The monoisotopic (exact) mass is 402 g/mol. The molecule has 3 heterocycles. The van der Waals surface area contributed by atoms with Gasteiger partial charge in [-0.05, 0) is 30.3 Å². The van der Waals surface area contributed by atoms with Crippen molar-refractivity contribution in [2.75, 3.05) is 6.61 Å². The number of hydrogen-bond donors (Lipinski definition) is 2. The highest BCUT2D eigenvalue weighted by Gasteiger charge is 2.11. The third kappa shape index (κ3) is 4.98. The zero-order valence-electron chi connectivity index (χ0n) is 14.4. The number of hydrogen-bond acceptors (Lipinski definition) is 6. The van der Waals surface area contributed by atoms with Gasteiger partial charge in [0.1, 0.15) is 11.4 Å². The molecule has 28 heavy (non-hydrogen) atoms. The molecule has 3 rings (SSSR count). The molecule has 0 spiro atoms. The summed E-state index contributed by atoms with van der Waals surface area (Å²) in [4.78, 5) is 39.1. The number of rotatable bonds is 6. The largest absolute Gasteiger partial charge is 0.467 e. The molecule has 10 heteroatoms. The van der Waals surface area contributed by atoms with E-state index in [1.165, 1.54) is 12.3 Å². The van der Waals surface area contributed by atoms with Crippen molar-refractivity contribution in [3.8, 4) is 0 Å². The zero-order chi connectivity index (χ0) is 19.9. The van der Waals surface area contributed by atoms with E-state index in [-0.39, 0.29) is 11.7 Å². The number of pyridine rings is 1. The van der Waals surface area contributed by atoms with Gasteiger partial charge in [0.25, 0.3) is 5.91 Å². The molecular formula is C18H15ClN4O5. The molecule has 0 aliphatic rings. The maximum atomic E-state index is 11.8. The van der Waals surface area contributed by atoms with E-state index in [2.05, 4.69) is 10.3 Å². The highest BCUT2D eigenvalue weighted by molar-refractivity contribution is 6.31.